The highest BCUT2D eigenvalue weighted by molar-refractivity contribution is 6.04. The van der Waals surface area contributed by atoms with E-state index in [1.165, 1.54) is 4.68 Å². The number of amides is 1. The molecule has 3 heterocycles. The van der Waals surface area contributed by atoms with Gasteiger partial charge in [0, 0.05) is 17.2 Å². The molecule has 5 rings (SSSR count). The first-order chi connectivity index (χ1) is 16.6. The second kappa shape index (κ2) is 9.38. The van der Waals surface area contributed by atoms with Gasteiger partial charge in [-0.15, -0.1) is 0 Å². The maximum Gasteiger partial charge on any atom is 0.256 e. The predicted octanol–water partition coefficient (Wildman–Crippen LogP) is 4.14. The summed E-state index contributed by atoms with van der Waals surface area (Å²) in [6.07, 6.45) is 5.94. The van der Waals surface area contributed by atoms with Crippen LogP contribution in [0.15, 0.2) is 57.9 Å². The molecule has 34 heavy (non-hydrogen) atoms. The lowest BCUT2D eigenvalue weighted by atomic mass is 10.2. The largest absolute Gasteiger partial charge is 0.494 e. The van der Waals surface area contributed by atoms with Crippen molar-refractivity contribution in [1.82, 2.24) is 19.7 Å². The molecule has 1 aliphatic carbocycles. The molecule has 3 aromatic heterocycles. The Bertz CT molecular complexity index is 1350. The molecule has 0 spiro atoms. The van der Waals surface area contributed by atoms with Gasteiger partial charge in [-0.3, -0.25) is 14.6 Å². The summed E-state index contributed by atoms with van der Waals surface area (Å²) in [6.45, 7) is 2.75. The fourth-order valence-electron chi connectivity index (χ4n) is 3.93. The Morgan fingerprint density at radius 2 is 2.09 bits per heavy atom. The molecule has 9 heteroatoms. The van der Waals surface area contributed by atoms with Crippen LogP contribution in [0.1, 0.15) is 47.8 Å². The van der Waals surface area contributed by atoms with Gasteiger partial charge < -0.3 is 14.5 Å². The van der Waals surface area contributed by atoms with Gasteiger partial charge in [-0.2, -0.15) is 9.78 Å². The zero-order valence-corrected chi connectivity index (χ0v) is 18.8. The maximum absolute atomic E-state index is 13.0. The quantitative estimate of drug-likeness (QED) is 0.383. The van der Waals surface area contributed by atoms with Crippen LogP contribution in [0.25, 0.3) is 17.4 Å². The molecule has 174 valence electrons. The van der Waals surface area contributed by atoms with E-state index in [9.17, 15) is 9.59 Å². The lowest BCUT2D eigenvalue weighted by molar-refractivity contribution is 0.102. The van der Waals surface area contributed by atoms with Gasteiger partial charge in [-0.05, 0) is 62.1 Å². The number of furan rings is 1. The maximum atomic E-state index is 13.0. The second-order valence-electron chi connectivity index (χ2n) is 8.15. The number of hydrogen-bond acceptors (Lipinski definition) is 6. The highest BCUT2D eigenvalue weighted by Gasteiger charge is 2.21. The smallest absolute Gasteiger partial charge is 0.256 e. The number of aromatic amines is 1. The molecule has 0 fully saturated rings. The van der Waals surface area contributed by atoms with Gasteiger partial charge in [0.1, 0.15) is 17.3 Å². The van der Waals surface area contributed by atoms with Crippen molar-refractivity contribution in [3.05, 3.63) is 75.9 Å². The van der Waals surface area contributed by atoms with Crippen molar-refractivity contribution in [2.45, 2.75) is 39.0 Å². The van der Waals surface area contributed by atoms with Crippen molar-refractivity contribution >= 4 is 11.7 Å². The number of nitrogens with zero attached hydrogens (tertiary/aromatic N) is 3. The number of carbonyl (C=O) groups is 1. The third-order valence-electron chi connectivity index (χ3n) is 5.74. The lowest BCUT2D eigenvalue weighted by Crippen LogP contribution is -2.21. The molecule has 0 saturated heterocycles. The summed E-state index contributed by atoms with van der Waals surface area (Å²) in [6, 6.07) is 12.2. The number of ether oxygens (including phenoxy) is 1. The van der Waals surface area contributed by atoms with Crippen LogP contribution in [-0.4, -0.2) is 32.3 Å². The predicted molar refractivity (Wildman–Crippen MR) is 127 cm³/mol. The van der Waals surface area contributed by atoms with Crippen LogP contribution >= 0.6 is 0 Å². The minimum absolute atomic E-state index is 0.177. The van der Waals surface area contributed by atoms with Gasteiger partial charge >= 0.3 is 0 Å². The molecular formula is C25H25N5O4. The summed E-state index contributed by atoms with van der Waals surface area (Å²) in [7, 11) is 0. The first-order valence-electron chi connectivity index (χ1n) is 11.4. The van der Waals surface area contributed by atoms with Crippen LogP contribution in [0.3, 0.4) is 0 Å². The average molecular weight is 460 g/mol. The van der Waals surface area contributed by atoms with Crippen LogP contribution in [0.5, 0.6) is 5.75 Å². The van der Waals surface area contributed by atoms with Gasteiger partial charge in [-0.1, -0.05) is 13.3 Å². The molecule has 4 aromatic rings. The van der Waals surface area contributed by atoms with Crippen molar-refractivity contribution < 1.29 is 13.9 Å². The number of hydrogen-bond donors (Lipinski definition) is 2. The van der Waals surface area contributed by atoms with Gasteiger partial charge in [0.15, 0.2) is 5.76 Å². The first kappa shape index (κ1) is 21.7. The molecule has 0 saturated carbocycles. The summed E-state index contributed by atoms with van der Waals surface area (Å²) < 4.78 is 12.6. The van der Waals surface area contributed by atoms with E-state index < -0.39 is 0 Å². The number of anilines is 1. The van der Waals surface area contributed by atoms with Crippen LogP contribution in [0.2, 0.25) is 0 Å². The topological polar surface area (TPSA) is 115 Å². The minimum Gasteiger partial charge on any atom is -0.494 e. The molecule has 0 unspecified atom stereocenters. The molecule has 9 nitrogen and oxygen atoms in total. The highest BCUT2D eigenvalue weighted by Crippen LogP contribution is 2.25. The van der Waals surface area contributed by atoms with E-state index >= 15 is 0 Å². The molecule has 1 amide bonds. The van der Waals surface area contributed by atoms with E-state index in [1.807, 2.05) is 0 Å². The zero-order valence-electron chi connectivity index (χ0n) is 18.8. The van der Waals surface area contributed by atoms with Crippen molar-refractivity contribution in [2.75, 3.05) is 11.9 Å². The summed E-state index contributed by atoms with van der Waals surface area (Å²) in [5.41, 5.74) is 2.27. The number of carbonyl (C=O) groups excluding carboxylic acids is 1. The number of H-pyrrole nitrogens is 1. The van der Waals surface area contributed by atoms with E-state index in [4.69, 9.17) is 9.15 Å². The Labute approximate surface area is 195 Å². The van der Waals surface area contributed by atoms with Crippen LogP contribution in [-0.2, 0) is 12.8 Å². The highest BCUT2D eigenvalue weighted by atomic mass is 16.5. The molecule has 2 N–H and O–H groups in total. The molecule has 1 aromatic carbocycles. The SMILES string of the molecule is CCCCOc1ccc(C(=O)Nc2cc(-c3ccco3)nn2-c2nc3c(c(=O)[nH]2)CCC3)cc1. The Balaban J connectivity index is 1.45. The van der Waals surface area contributed by atoms with Crippen molar-refractivity contribution in [3.8, 4) is 23.2 Å². The molecule has 0 aliphatic heterocycles. The number of fused-ring (bicyclic) bond motifs is 1. The number of rotatable bonds is 8. The summed E-state index contributed by atoms with van der Waals surface area (Å²) in [5.74, 6) is 1.54. The zero-order chi connectivity index (χ0) is 23.5. The molecular weight excluding hydrogens is 434 g/mol. The van der Waals surface area contributed by atoms with Crippen molar-refractivity contribution in [1.29, 1.82) is 0 Å². The Morgan fingerprint density at radius 3 is 2.85 bits per heavy atom. The Hall–Kier alpha value is -4.14. The molecule has 0 atom stereocenters. The van der Waals surface area contributed by atoms with E-state index in [1.54, 1.807) is 48.7 Å². The lowest BCUT2D eigenvalue weighted by Gasteiger charge is -2.10. The van der Waals surface area contributed by atoms with Gasteiger partial charge in [-0.25, -0.2) is 4.98 Å². The Morgan fingerprint density at radius 1 is 1.24 bits per heavy atom. The third kappa shape index (κ3) is 4.36. The summed E-state index contributed by atoms with van der Waals surface area (Å²) >= 11 is 0. The average Bonchev–Trinajstić information content (AvgIpc) is 3.60. The monoisotopic (exact) mass is 459 g/mol. The standard InChI is InChI=1S/C25H25N5O4/c1-2-3-13-33-17-11-9-16(10-12-17)23(31)27-22-15-20(21-8-5-14-34-21)29-30(22)25-26-19-7-4-6-18(19)24(32)28-25/h5,8-12,14-15H,2-4,6-7,13H2,1H3,(H,27,31)(H,26,28,32). The van der Waals surface area contributed by atoms with Crippen LogP contribution in [0, 0.1) is 0 Å². The number of benzene rings is 1. The molecule has 1 aliphatic rings. The second-order valence-corrected chi connectivity index (χ2v) is 8.15. The van der Waals surface area contributed by atoms with E-state index in [2.05, 4.69) is 27.3 Å². The Kier molecular flexibility index (Phi) is 5.99. The van der Waals surface area contributed by atoms with Crippen LogP contribution < -0.4 is 15.6 Å². The number of aryl methyl sites for hydroxylation is 1. The van der Waals surface area contributed by atoms with E-state index in [-0.39, 0.29) is 17.4 Å². The van der Waals surface area contributed by atoms with Crippen molar-refractivity contribution in [3.63, 3.8) is 0 Å². The van der Waals surface area contributed by atoms with E-state index in [0.717, 1.165) is 43.5 Å². The number of nitrogens with one attached hydrogen (secondary N) is 2. The normalized spacial score (nSPS) is 12.5. The van der Waals surface area contributed by atoms with Gasteiger partial charge in [0.25, 0.3) is 11.5 Å². The van der Waals surface area contributed by atoms with Crippen LogP contribution in [0.4, 0.5) is 5.82 Å². The fraction of sp³-hybridized carbons (Fsp3) is 0.280. The molecule has 0 bridgehead atoms. The number of aromatic nitrogens is 4. The summed E-state index contributed by atoms with van der Waals surface area (Å²) in [5, 5.41) is 7.43. The summed E-state index contributed by atoms with van der Waals surface area (Å²) in [4.78, 5) is 33.0. The first-order valence-corrected chi connectivity index (χ1v) is 11.4. The fourth-order valence-corrected chi connectivity index (χ4v) is 3.93. The van der Waals surface area contributed by atoms with Crippen molar-refractivity contribution in [2.24, 2.45) is 0 Å². The van der Waals surface area contributed by atoms with Gasteiger partial charge in [0.2, 0.25) is 5.95 Å². The third-order valence-corrected chi connectivity index (χ3v) is 5.74. The van der Waals surface area contributed by atoms with E-state index in [0.29, 0.717) is 35.0 Å². The molecule has 0 radical (unpaired) electrons. The number of unbranched alkanes of at least 4 members (excludes halogenated alkanes) is 1. The minimum atomic E-state index is -0.323. The van der Waals surface area contributed by atoms with Gasteiger partial charge in [0.05, 0.1) is 18.6 Å².